The van der Waals surface area contributed by atoms with Crippen LogP contribution in [0.3, 0.4) is 0 Å². The molecule has 0 unspecified atom stereocenters. The van der Waals surface area contributed by atoms with Gasteiger partial charge in [-0.3, -0.25) is 4.79 Å². The molecular formula is C22H16F6N4O3. The maximum atomic E-state index is 13.3. The van der Waals surface area contributed by atoms with Crippen LogP contribution >= 0.6 is 0 Å². The van der Waals surface area contributed by atoms with Crippen molar-refractivity contribution in [1.82, 2.24) is 19.6 Å². The number of halogens is 6. The van der Waals surface area contributed by atoms with Crippen molar-refractivity contribution in [3.05, 3.63) is 71.5 Å². The second-order valence-electron chi connectivity index (χ2n) is 7.57. The molecule has 35 heavy (non-hydrogen) atoms. The van der Waals surface area contributed by atoms with Crippen LogP contribution in [-0.4, -0.2) is 30.6 Å². The number of hydrogen-bond donors (Lipinski definition) is 1. The third-order valence-corrected chi connectivity index (χ3v) is 5.13. The number of aromatic nitrogens is 4. The molecule has 4 aromatic rings. The summed E-state index contributed by atoms with van der Waals surface area (Å²) in [4.78, 5) is 12.1. The van der Waals surface area contributed by atoms with Gasteiger partial charge in [-0.2, -0.15) is 36.2 Å². The highest BCUT2D eigenvalue weighted by molar-refractivity contribution is 5.84. The summed E-state index contributed by atoms with van der Waals surface area (Å²) in [6, 6.07) is 10.1. The Balaban J connectivity index is 1.64. The van der Waals surface area contributed by atoms with E-state index in [1.165, 1.54) is 10.8 Å². The van der Waals surface area contributed by atoms with Gasteiger partial charge in [-0.25, -0.2) is 0 Å². The Morgan fingerprint density at radius 2 is 1.71 bits per heavy atom. The fourth-order valence-electron chi connectivity index (χ4n) is 3.55. The van der Waals surface area contributed by atoms with E-state index in [0.717, 1.165) is 16.2 Å². The number of fused-ring (bicyclic) bond motifs is 1. The van der Waals surface area contributed by atoms with E-state index in [2.05, 4.69) is 10.2 Å². The third kappa shape index (κ3) is 4.93. The van der Waals surface area contributed by atoms with Gasteiger partial charge in [0.25, 0.3) is 0 Å². The molecule has 2 aromatic carbocycles. The monoisotopic (exact) mass is 498 g/mol. The van der Waals surface area contributed by atoms with Crippen LogP contribution in [0.25, 0.3) is 16.6 Å². The summed E-state index contributed by atoms with van der Waals surface area (Å²) >= 11 is 0. The Bertz CT molecular complexity index is 1390. The number of benzene rings is 2. The number of carbonyl (C=O) groups is 1. The average Bonchev–Trinajstić information content (AvgIpc) is 3.38. The minimum Gasteiger partial charge on any atom is -0.480 e. The van der Waals surface area contributed by atoms with Crippen molar-refractivity contribution in [1.29, 1.82) is 0 Å². The molecule has 1 atom stereocenters. The first kappa shape index (κ1) is 24.1. The van der Waals surface area contributed by atoms with Crippen molar-refractivity contribution in [3.63, 3.8) is 0 Å². The molecule has 0 aliphatic carbocycles. The minimum atomic E-state index is -5.25. The third-order valence-electron chi connectivity index (χ3n) is 5.13. The van der Waals surface area contributed by atoms with E-state index in [1.807, 2.05) is 0 Å². The molecule has 2 aromatic heterocycles. The first-order valence-corrected chi connectivity index (χ1v) is 10.0. The van der Waals surface area contributed by atoms with Crippen molar-refractivity contribution in [2.24, 2.45) is 0 Å². The van der Waals surface area contributed by atoms with Gasteiger partial charge in [0.2, 0.25) is 0 Å². The van der Waals surface area contributed by atoms with E-state index in [1.54, 1.807) is 37.3 Å². The van der Waals surface area contributed by atoms with Crippen LogP contribution in [-0.2, 0) is 23.7 Å². The van der Waals surface area contributed by atoms with Crippen molar-refractivity contribution in [3.8, 4) is 11.6 Å². The first-order chi connectivity index (χ1) is 16.3. The highest BCUT2D eigenvalue weighted by Gasteiger charge is 2.43. The second-order valence-corrected chi connectivity index (χ2v) is 7.57. The fraction of sp³-hybridized carbons (Fsp3) is 0.227. The largest absolute Gasteiger partial charge is 0.480 e. The predicted octanol–water partition coefficient (Wildman–Crippen LogP) is 5.48. The summed E-state index contributed by atoms with van der Waals surface area (Å²) in [7, 11) is 0. The van der Waals surface area contributed by atoms with E-state index < -0.39 is 35.6 Å². The van der Waals surface area contributed by atoms with Gasteiger partial charge in [-0.15, -0.1) is 5.10 Å². The molecular weight excluding hydrogens is 482 g/mol. The summed E-state index contributed by atoms with van der Waals surface area (Å²) in [5.41, 5.74) is -3.23. The summed E-state index contributed by atoms with van der Waals surface area (Å²) in [6.45, 7) is 1.18. The SMILES string of the molecule is C[C@H](Oc1cc2ccccc2n1CC(=O)O)c1cnn(-c2ccc(C(F)(F)F)c(C(F)(F)F)c2)n1. The molecule has 4 rings (SSSR count). The predicted molar refractivity (Wildman–Crippen MR) is 110 cm³/mol. The van der Waals surface area contributed by atoms with Gasteiger partial charge < -0.3 is 14.4 Å². The Morgan fingerprint density at radius 3 is 2.37 bits per heavy atom. The van der Waals surface area contributed by atoms with E-state index >= 15 is 0 Å². The normalized spacial score (nSPS) is 13.2. The number of rotatable bonds is 6. The van der Waals surface area contributed by atoms with E-state index in [-0.39, 0.29) is 23.8 Å². The average molecular weight is 498 g/mol. The lowest BCUT2D eigenvalue weighted by molar-refractivity contribution is -0.162. The molecule has 2 heterocycles. The van der Waals surface area contributed by atoms with Crippen LogP contribution in [0.5, 0.6) is 5.88 Å². The van der Waals surface area contributed by atoms with Crippen LogP contribution in [0, 0.1) is 0 Å². The van der Waals surface area contributed by atoms with Gasteiger partial charge >= 0.3 is 18.3 Å². The number of para-hydroxylation sites is 1. The van der Waals surface area contributed by atoms with Gasteiger partial charge in [-0.1, -0.05) is 18.2 Å². The molecule has 0 radical (unpaired) electrons. The zero-order chi connectivity index (χ0) is 25.5. The highest BCUT2D eigenvalue weighted by Crippen LogP contribution is 2.41. The standard InChI is InChI=1S/C22H16F6N4O3/c1-12(35-19-8-13-4-2-3-5-18(13)31(19)11-20(33)34)17-10-29-32(30-17)14-6-7-15(21(23,24)25)16(9-14)22(26,27)28/h2-10,12H,11H2,1H3,(H,33,34)/t12-/m0/s1. The smallest absolute Gasteiger partial charge is 0.417 e. The summed E-state index contributed by atoms with van der Waals surface area (Å²) in [5.74, 6) is -0.887. The lowest BCUT2D eigenvalue weighted by atomic mass is 10.1. The minimum absolute atomic E-state index is 0.158. The molecule has 1 N–H and O–H groups in total. The van der Waals surface area contributed by atoms with Crippen molar-refractivity contribution < 1.29 is 41.0 Å². The second kappa shape index (κ2) is 8.64. The molecule has 0 aliphatic rings. The van der Waals surface area contributed by atoms with Gasteiger partial charge in [0, 0.05) is 11.5 Å². The Labute approximate surface area is 193 Å². The number of nitrogens with zero attached hydrogens (tertiary/aromatic N) is 4. The number of ether oxygens (including phenoxy) is 1. The molecule has 0 saturated carbocycles. The van der Waals surface area contributed by atoms with Gasteiger partial charge in [-0.05, 0) is 31.2 Å². The summed E-state index contributed by atoms with van der Waals surface area (Å²) in [6.07, 6.45) is -10.1. The molecule has 0 aliphatic heterocycles. The van der Waals surface area contributed by atoms with Crippen LogP contribution in [0.15, 0.2) is 54.7 Å². The Kier molecular flexibility index (Phi) is 5.95. The van der Waals surface area contributed by atoms with Crippen molar-refractivity contribution >= 4 is 16.9 Å². The van der Waals surface area contributed by atoms with Gasteiger partial charge in [0.1, 0.15) is 18.3 Å². The van der Waals surface area contributed by atoms with Gasteiger partial charge in [0.05, 0.1) is 28.5 Å². The van der Waals surface area contributed by atoms with E-state index in [4.69, 9.17) is 4.74 Å². The number of hydrogen-bond acceptors (Lipinski definition) is 4. The van der Waals surface area contributed by atoms with Crippen LogP contribution in [0.4, 0.5) is 26.3 Å². The number of aliphatic carboxylic acids is 1. The zero-order valence-corrected chi connectivity index (χ0v) is 17.8. The molecule has 0 spiro atoms. The highest BCUT2D eigenvalue weighted by atomic mass is 19.4. The van der Waals surface area contributed by atoms with E-state index in [0.29, 0.717) is 17.6 Å². The molecule has 13 heteroatoms. The molecule has 184 valence electrons. The molecule has 0 saturated heterocycles. The van der Waals surface area contributed by atoms with Crippen molar-refractivity contribution in [2.45, 2.75) is 31.9 Å². The quantitative estimate of drug-likeness (QED) is 0.356. The molecule has 0 bridgehead atoms. The number of carboxylic acids is 1. The van der Waals surface area contributed by atoms with Crippen molar-refractivity contribution in [2.75, 3.05) is 0 Å². The summed E-state index contributed by atoms with van der Waals surface area (Å²) in [5, 5.41) is 17.9. The summed E-state index contributed by atoms with van der Waals surface area (Å²) < 4.78 is 86.1. The van der Waals surface area contributed by atoms with Crippen LogP contribution in [0.1, 0.15) is 29.8 Å². The molecule has 0 fully saturated rings. The van der Waals surface area contributed by atoms with Crippen LogP contribution < -0.4 is 4.74 Å². The Hall–Kier alpha value is -4.03. The maximum absolute atomic E-state index is 13.3. The molecule has 0 amide bonds. The maximum Gasteiger partial charge on any atom is 0.417 e. The molecule has 7 nitrogen and oxygen atoms in total. The first-order valence-electron chi connectivity index (χ1n) is 10.0. The lowest BCUT2D eigenvalue weighted by Crippen LogP contribution is -2.17. The number of alkyl halides is 6. The Morgan fingerprint density at radius 1 is 1.03 bits per heavy atom. The number of carboxylic acid groups (broad SMARTS) is 1. The van der Waals surface area contributed by atoms with Gasteiger partial charge in [0.15, 0.2) is 5.88 Å². The van der Waals surface area contributed by atoms with Crippen LogP contribution in [0.2, 0.25) is 0 Å². The fourth-order valence-corrected chi connectivity index (χ4v) is 3.55. The zero-order valence-electron chi connectivity index (χ0n) is 17.8. The van der Waals surface area contributed by atoms with E-state index in [9.17, 15) is 36.2 Å². The topological polar surface area (TPSA) is 82.2 Å². The lowest BCUT2D eigenvalue weighted by Gasteiger charge is -2.16.